The van der Waals surface area contributed by atoms with Crippen molar-refractivity contribution in [3.8, 4) is 0 Å². The predicted molar refractivity (Wildman–Crippen MR) is 261 cm³/mol. The molecule has 392 valence electrons. The largest absolute Gasteiger partial charge is 0.513 e. The zero-order valence-corrected chi connectivity index (χ0v) is 43.2. The van der Waals surface area contributed by atoms with Gasteiger partial charge in [-0.2, -0.15) is 0 Å². The van der Waals surface area contributed by atoms with Crippen LogP contribution in [0.1, 0.15) is 126 Å². The molecule has 3 aliphatic heterocycles. The Labute approximate surface area is 415 Å². The highest BCUT2D eigenvalue weighted by Crippen LogP contribution is 2.38. The fraction of sp³-hybridized carbons (Fsp3) is 0.704. The van der Waals surface area contributed by atoms with Gasteiger partial charge in [-0.15, -0.1) is 0 Å². The number of nitrogens with zero attached hydrogens (tertiary/aromatic N) is 1. The van der Waals surface area contributed by atoms with Gasteiger partial charge in [0.15, 0.2) is 11.6 Å². The smallest absolute Gasteiger partial charge is 0.460 e. The molecule has 2 saturated heterocycles. The molecule has 16 nitrogen and oxygen atoms in total. The van der Waals surface area contributed by atoms with Crippen LogP contribution in [0.25, 0.3) is 0 Å². The van der Waals surface area contributed by atoms with Crippen molar-refractivity contribution in [3.63, 3.8) is 0 Å². The number of ether oxygens (including phenoxy) is 7. The van der Waals surface area contributed by atoms with Gasteiger partial charge in [-0.25, -0.2) is 9.59 Å². The number of piperidine rings is 1. The first-order valence-electron chi connectivity index (χ1n) is 25.2. The standard InChI is InChI=1S/C54H81NO15/c1-12-67-53(62)69-43-24-22-39(29-46(43)65-10)28-35(5)45-31-42(56)34(4)27-37(7)48(58)49(66-11)47(57)36(6)26-32(2)18-14-13-15-19-33(3)44(64-9)30-40-23-21-38(8)54(63,70-40)50(59)51(60)55-25-17-16-20-41(55)52(61)68-45/h12-15,18-19,27,32,35-41,43-46,48-49,58,63H,1,16-17,20-26,28-31H2,2-11H3/t32-,35-,36-,37?,38-,39+,40+,41+,43-,44+,45+,46-,48-,49+,54-/m1/s1. The summed E-state index contributed by atoms with van der Waals surface area (Å²) in [6.45, 7) is 16.0. The van der Waals surface area contributed by atoms with Gasteiger partial charge in [0, 0.05) is 58.5 Å². The second kappa shape index (κ2) is 27.5. The normalized spacial score (nSPS) is 35.7. The summed E-state index contributed by atoms with van der Waals surface area (Å²) < 4.78 is 39.8. The number of carbonyl (C=O) groups is 6. The predicted octanol–water partition coefficient (Wildman–Crippen LogP) is 7.49. The molecule has 70 heavy (non-hydrogen) atoms. The summed E-state index contributed by atoms with van der Waals surface area (Å²) in [6, 6.07) is -1.18. The molecule has 16 heteroatoms. The fourth-order valence-electron chi connectivity index (χ4n) is 10.5. The molecular weight excluding hydrogens is 903 g/mol. The van der Waals surface area contributed by atoms with Crippen molar-refractivity contribution in [1.29, 1.82) is 0 Å². The lowest BCUT2D eigenvalue weighted by Crippen LogP contribution is -2.61. The molecule has 2 N–H and O–H groups in total. The molecule has 1 unspecified atom stereocenters. The summed E-state index contributed by atoms with van der Waals surface area (Å²) in [5, 5.41) is 23.5. The van der Waals surface area contributed by atoms with Crippen LogP contribution in [0.2, 0.25) is 0 Å². The van der Waals surface area contributed by atoms with E-state index in [0.29, 0.717) is 64.2 Å². The van der Waals surface area contributed by atoms with E-state index in [2.05, 4.69) is 6.58 Å². The quantitative estimate of drug-likeness (QED) is 0.137. The highest BCUT2D eigenvalue weighted by atomic mass is 16.7. The molecule has 0 spiro atoms. The van der Waals surface area contributed by atoms with Crippen LogP contribution < -0.4 is 0 Å². The molecule has 15 atom stereocenters. The molecule has 0 aromatic heterocycles. The number of rotatable bonds is 8. The first kappa shape index (κ1) is 58.3. The third kappa shape index (κ3) is 15.6. The van der Waals surface area contributed by atoms with Crippen LogP contribution in [0.4, 0.5) is 4.79 Å². The van der Waals surface area contributed by atoms with E-state index in [0.717, 1.165) is 11.8 Å². The number of aliphatic hydroxyl groups is 2. The lowest BCUT2D eigenvalue weighted by Gasteiger charge is -2.42. The van der Waals surface area contributed by atoms with Gasteiger partial charge < -0.3 is 48.3 Å². The van der Waals surface area contributed by atoms with Crippen LogP contribution in [0.3, 0.4) is 0 Å². The van der Waals surface area contributed by atoms with Crippen molar-refractivity contribution in [2.75, 3.05) is 27.9 Å². The Hall–Kier alpha value is -4.32. The fourth-order valence-corrected chi connectivity index (χ4v) is 10.5. The van der Waals surface area contributed by atoms with E-state index in [-0.39, 0.29) is 48.4 Å². The number of aliphatic hydroxyl groups excluding tert-OH is 1. The third-order valence-electron chi connectivity index (χ3n) is 14.9. The van der Waals surface area contributed by atoms with E-state index in [1.54, 1.807) is 34.0 Å². The van der Waals surface area contributed by atoms with E-state index in [4.69, 9.17) is 33.2 Å². The number of Topliss-reactive ketones (excluding diaryl/α,β-unsaturated/α-hetero) is 3. The first-order chi connectivity index (χ1) is 33.2. The second-order valence-corrected chi connectivity index (χ2v) is 20.2. The van der Waals surface area contributed by atoms with Crippen molar-refractivity contribution in [1.82, 2.24) is 4.90 Å². The van der Waals surface area contributed by atoms with Crippen LogP contribution >= 0.6 is 0 Å². The highest BCUT2D eigenvalue weighted by molar-refractivity contribution is 6.39. The van der Waals surface area contributed by atoms with Gasteiger partial charge in [0.1, 0.15) is 24.4 Å². The number of ketones is 3. The molecular formula is C54H81NO15. The number of amides is 1. The SMILES string of the molecule is C=COC(=O)O[C@@H]1CC[C@@H](C[C@@H](C)[C@@H]2CC(=O)C(C)=CC(C)[C@@H](O)[C@@H](OC)C(=O)[C@H](C)C[C@H](C)C=CC=CC=C(C)[C@@H](OC)C[C@@H]3CC[C@@H](C)[C@@](O)(O3)C(=O)C(=O)N3CCCC[C@H]3C(=O)O2)C[C@H]1OC. The minimum absolute atomic E-state index is 0.00580. The average Bonchev–Trinajstić information content (AvgIpc) is 3.33. The summed E-state index contributed by atoms with van der Waals surface area (Å²) in [5.41, 5.74) is 1.15. The van der Waals surface area contributed by atoms with Crippen LogP contribution in [-0.4, -0.2) is 133 Å². The van der Waals surface area contributed by atoms with Crippen molar-refractivity contribution >= 4 is 35.4 Å². The summed E-state index contributed by atoms with van der Waals surface area (Å²) in [4.78, 5) is 84.3. The lowest BCUT2D eigenvalue weighted by molar-refractivity contribution is -0.265. The molecule has 4 rings (SSSR count). The second-order valence-electron chi connectivity index (χ2n) is 20.2. The van der Waals surface area contributed by atoms with Gasteiger partial charge in [-0.05, 0) is 107 Å². The van der Waals surface area contributed by atoms with Gasteiger partial charge in [0.05, 0.1) is 30.7 Å². The third-order valence-corrected chi connectivity index (χ3v) is 14.9. The minimum atomic E-state index is -2.45. The van der Waals surface area contributed by atoms with Gasteiger partial charge >= 0.3 is 12.1 Å². The van der Waals surface area contributed by atoms with Crippen molar-refractivity contribution in [2.45, 2.75) is 180 Å². The topological polar surface area (TPSA) is 211 Å². The van der Waals surface area contributed by atoms with E-state index in [9.17, 15) is 39.0 Å². The van der Waals surface area contributed by atoms with Crippen molar-refractivity contribution in [2.24, 2.45) is 35.5 Å². The molecule has 0 aromatic carbocycles. The number of hydrogen-bond acceptors (Lipinski definition) is 15. The Morgan fingerprint density at radius 1 is 0.914 bits per heavy atom. The Kier molecular flexibility index (Phi) is 22.9. The molecule has 0 aromatic rings. The number of esters is 1. The van der Waals surface area contributed by atoms with Crippen LogP contribution in [0, 0.1) is 35.5 Å². The average molecular weight is 984 g/mol. The zero-order chi connectivity index (χ0) is 51.9. The number of methoxy groups -OCH3 is 3. The minimum Gasteiger partial charge on any atom is -0.460 e. The van der Waals surface area contributed by atoms with Crippen molar-refractivity contribution in [3.05, 3.63) is 60.4 Å². The zero-order valence-electron chi connectivity index (χ0n) is 43.2. The molecule has 3 fully saturated rings. The maximum absolute atomic E-state index is 14.5. The Morgan fingerprint density at radius 3 is 2.31 bits per heavy atom. The number of carbonyl (C=O) groups excluding carboxylic acids is 6. The summed E-state index contributed by atoms with van der Waals surface area (Å²) in [6.07, 6.45) is 10.5. The van der Waals surface area contributed by atoms with Gasteiger partial charge in [-0.1, -0.05) is 77.7 Å². The van der Waals surface area contributed by atoms with Crippen molar-refractivity contribution < 1.29 is 72.1 Å². The van der Waals surface area contributed by atoms with Crippen LogP contribution in [0.5, 0.6) is 0 Å². The monoisotopic (exact) mass is 984 g/mol. The maximum atomic E-state index is 14.5. The lowest BCUT2D eigenvalue weighted by atomic mass is 9.78. The van der Waals surface area contributed by atoms with E-state index < -0.39 is 102 Å². The molecule has 1 aliphatic carbocycles. The Morgan fingerprint density at radius 2 is 1.64 bits per heavy atom. The molecule has 1 saturated carbocycles. The number of allylic oxidation sites excluding steroid dienone is 6. The van der Waals surface area contributed by atoms with E-state index in [1.165, 1.54) is 19.1 Å². The first-order valence-corrected chi connectivity index (χ1v) is 25.2. The van der Waals surface area contributed by atoms with E-state index in [1.807, 2.05) is 58.1 Å². The molecule has 2 bridgehead atoms. The summed E-state index contributed by atoms with van der Waals surface area (Å²) in [7, 11) is 4.47. The molecule has 1 amide bonds. The number of cyclic esters (lactones) is 1. The molecule has 4 aliphatic rings. The van der Waals surface area contributed by atoms with Crippen LogP contribution in [0.15, 0.2) is 60.4 Å². The van der Waals surface area contributed by atoms with Gasteiger partial charge in [0.2, 0.25) is 5.79 Å². The molecule has 0 radical (unpaired) electrons. The Balaban J connectivity index is 1.70. The number of hydrogen-bond donors (Lipinski definition) is 2. The summed E-state index contributed by atoms with van der Waals surface area (Å²) in [5.74, 6) is -8.35. The Bertz CT molecular complexity index is 1940. The maximum Gasteiger partial charge on any atom is 0.513 e. The molecule has 3 heterocycles. The number of fused-ring (bicyclic) bond motifs is 3. The van der Waals surface area contributed by atoms with Crippen LogP contribution in [-0.2, 0) is 57.1 Å². The van der Waals surface area contributed by atoms with Gasteiger partial charge in [0.25, 0.3) is 11.7 Å². The summed E-state index contributed by atoms with van der Waals surface area (Å²) >= 11 is 0. The van der Waals surface area contributed by atoms with Gasteiger partial charge in [-0.3, -0.25) is 19.2 Å². The van der Waals surface area contributed by atoms with E-state index >= 15 is 0 Å². The highest BCUT2D eigenvalue weighted by Gasteiger charge is 2.53.